The number of nitrogens with one attached hydrogen (secondary N) is 1. The van der Waals surface area contributed by atoms with Crippen molar-refractivity contribution in [3.8, 4) is 11.5 Å². The summed E-state index contributed by atoms with van der Waals surface area (Å²) in [7, 11) is 0. The molecule has 0 radical (unpaired) electrons. The highest BCUT2D eigenvalue weighted by Gasteiger charge is 2.21. The maximum atomic E-state index is 12.4. The lowest BCUT2D eigenvalue weighted by Gasteiger charge is -2.35. The third-order valence-corrected chi connectivity index (χ3v) is 7.97. The first-order chi connectivity index (χ1) is 19.1. The second kappa shape index (κ2) is 11.8. The molecular weight excluding hydrogens is 518 g/mol. The number of fused-ring (bicyclic) bond motifs is 1. The third-order valence-electron chi connectivity index (χ3n) is 7.10. The van der Waals surface area contributed by atoms with Gasteiger partial charge < -0.3 is 28.8 Å². The van der Waals surface area contributed by atoms with Crippen LogP contribution in [0.5, 0.6) is 11.5 Å². The lowest BCUT2D eigenvalue weighted by atomic mass is 10.1. The van der Waals surface area contributed by atoms with Gasteiger partial charge in [-0.25, -0.2) is 9.97 Å². The van der Waals surface area contributed by atoms with E-state index in [9.17, 15) is 4.79 Å². The average molecular weight is 552 g/mol. The van der Waals surface area contributed by atoms with Crippen molar-refractivity contribution in [2.24, 2.45) is 0 Å². The van der Waals surface area contributed by atoms with Crippen LogP contribution in [0.2, 0.25) is 0 Å². The lowest BCUT2D eigenvalue weighted by Crippen LogP contribution is -2.46. The molecule has 1 atom stereocenters. The number of hydrogen-bond acceptors (Lipinski definition) is 10. The van der Waals surface area contributed by atoms with Gasteiger partial charge in [-0.1, -0.05) is 17.8 Å². The monoisotopic (exact) mass is 551 g/mol. The molecule has 2 saturated heterocycles. The van der Waals surface area contributed by atoms with Gasteiger partial charge in [0.05, 0.1) is 11.9 Å². The summed E-state index contributed by atoms with van der Waals surface area (Å²) in [6.45, 7) is 8.14. The standard InChI is InChI=1S/C28H33N5O5S/c1-19-13-26(33-10-8-32(9-11-33)16-20-4-6-23-25(14-20)37-18-36-23)31-28(30-19)39-17-22-5-7-24(38-22)27(34)29-15-21-3-2-12-35-21/h4-7,13-14,21H,2-3,8-12,15-18H2,1H3,(H,29,34). The average Bonchev–Trinajstić information content (AvgIpc) is 3.73. The van der Waals surface area contributed by atoms with Gasteiger partial charge in [0.1, 0.15) is 11.6 Å². The quantitative estimate of drug-likeness (QED) is 0.313. The highest BCUT2D eigenvalue weighted by molar-refractivity contribution is 7.98. The van der Waals surface area contributed by atoms with Crippen molar-refractivity contribution in [3.63, 3.8) is 0 Å². The summed E-state index contributed by atoms with van der Waals surface area (Å²) in [4.78, 5) is 26.6. The number of hydrogen-bond donors (Lipinski definition) is 1. The molecule has 6 rings (SSSR count). The van der Waals surface area contributed by atoms with Gasteiger partial charge in [0.25, 0.3) is 5.91 Å². The summed E-state index contributed by atoms with van der Waals surface area (Å²) in [5, 5.41) is 3.60. The molecule has 1 unspecified atom stereocenters. The van der Waals surface area contributed by atoms with Crippen LogP contribution in [0.15, 0.2) is 46.0 Å². The molecule has 39 heavy (non-hydrogen) atoms. The van der Waals surface area contributed by atoms with E-state index in [4.69, 9.17) is 23.6 Å². The number of nitrogens with zero attached hydrogens (tertiary/aromatic N) is 4. The van der Waals surface area contributed by atoms with E-state index >= 15 is 0 Å². The number of piperazine rings is 1. The first kappa shape index (κ1) is 26.0. The number of ether oxygens (including phenoxy) is 3. The molecule has 3 aliphatic heterocycles. The Bertz CT molecular complexity index is 1300. The van der Waals surface area contributed by atoms with Crippen LogP contribution >= 0.6 is 11.8 Å². The number of furan rings is 1. The summed E-state index contributed by atoms with van der Waals surface area (Å²) in [5.41, 5.74) is 2.16. The number of benzene rings is 1. The van der Waals surface area contributed by atoms with E-state index in [0.717, 1.165) is 75.2 Å². The molecule has 3 aliphatic rings. The second-order valence-electron chi connectivity index (χ2n) is 10.0. The molecule has 1 aromatic carbocycles. The van der Waals surface area contributed by atoms with Crippen LogP contribution in [0.3, 0.4) is 0 Å². The minimum Gasteiger partial charge on any atom is -0.455 e. The van der Waals surface area contributed by atoms with Crippen LogP contribution in [0, 0.1) is 6.92 Å². The Kier molecular flexibility index (Phi) is 7.89. The van der Waals surface area contributed by atoms with Crippen LogP contribution in [0.25, 0.3) is 0 Å². The van der Waals surface area contributed by atoms with E-state index in [1.165, 1.54) is 17.3 Å². The van der Waals surface area contributed by atoms with Gasteiger partial charge in [-0.2, -0.15) is 0 Å². The molecule has 11 heteroatoms. The molecule has 5 heterocycles. The van der Waals surface area contributed by atoms with Crippen LogP contribution in [0.1, 0.15) is 40.4 Å². The topological polar surface area (TPSA) is 102 Å². The Balaban J connectivity index is 0.998. The van der Waals surface area contributed by atoms with Crippen LogP contribution in [-0.4, -0.2) is 73.0 Å². The zero-order valence-corrected chi connectivity index (χ0v) is 22.9. The van der Waals surface area contributed by atoms with Gasteiger partial charge in [0.15, 0.2) is 22.4 Å². The molecule has 10 nitrogen and oxygen atoms in total. The van der Waals surface area contributed by atoms with Crippen molar-refractivity contribution < 1.29 is 23.4 Å². The largest absolute Gasteiger partial charge is 0.455 e. The summed E-state index contributed by atoms with van der Waals surface area (Å²) in [5.74, 6) is 3.95. The van der Waals surface area contributed by atoms with Crippen molar-refractivity contribution in [3.05, 3.63) is 59.2 Å². The summed E-state index contributed by atoms with van der Waals surface area (Å²) in [6.07, 6.45) is 2.13. The summed E-state index contributed by atoms with van der Waals surface area (Å²) in [6, 6.07) is 11.8. The minimum atomic E-state index is -0.214. The number of carbonyl (C=O) groups excluding carboxylic acids is 1. The Labute approximate surface area is 232 Å². The van der Waals surface area contributed by atoms with E-state index in [1.807, 2.05) is 25.1 Å². The highest BCUT2D eigenvalue weighted by atomic mass is 32.2. The number of carbonyl (C=O) groups is 1. The van der Waals surface area contributed by atoms with E-state index in [1.54, 1.807) is 6.07 Å². The fourth-order valence-electron chi connectivity index (χ4n) is 5.00. The Morgan fingerprint density at radius 3 is 2.79 bits per heavy atom. The summed E-state index contributed by atoms with van der Waals surface area (Å²) >= 11 is 1.51. The summed E-state index contributed by atoms with van der Waals surface area (Å²) < 4.78 is 22.3. The maximum absolute atomic E-state index is 12.4. The molecule has 0 spiro atoms. The van der Waals surface area contributed by atoms with Crippen molar-refractivity contribution in [1.82, 2.24) is 20.2 Å². The molecule has 1 N–H and O–H groups in total. The molecule has 3 aromatic rings. The van der Waals surface area contributed by atoms with Crippen LogP contribution in [0.4, 0.5) is 5.82 Å². The number of aromatic nitrogens is 2. The fourth-order valence-corrected chi connectivity index (χ4v) is 5.79. The molecule has 2 fully saturated rings. The number of aryl methyl sites for hydroxylation is 1. The van der Waals surface area contributed by atoms with Crippen molar-refractivity contribution in [2.75, 3.05) is 51.0 Å². The Hall–Kier alpha value is -3.28. The number of amides is 1. The van der Waals surface area contributed by atoms with Crippen molar-refractivity contribution >= 4 is 23.5 Å². The number of rotatable bonds is 9. The van der Waals surface area contributed by atoms with Crippen LogP contribution in [-0.2, 0) is 17.0 Å². The molecule has 2 aromatic heterocycles. The zero-order chi connectivity index (χ0) is 26.6. The van der Waals surface area contributed by atoms with Gasteiger partial charge in [-0.15, -0.1) is 0 Å². The first-order valence-electron chi connectivity index (χ1n) is 13.4. The van der Waals surface area contributed by atoms with Crippen LogP contribution < -0.4 is 19.7 Å². The molecular formula is C28H33N5O5S. The molecule has 0 saturated carbocycles. The SMILES string of the molecule is Cc1cc(N2CCN(Cc3ccc4c(c3)OCO4)CC2)nc(SCc2ccc(C(=O)NCC3CCCO3)o2)n1. The maximum Gasteiger partial charge on any atom is 0.287 e. The lowest BCUT2D eigenvalue weighted by molar-refractivity contribution is 0.0834. The van der Waals surface area contributed by atoms with E-state index in [2.05, 4.69) is 32.2 Å². The first-order valence-corrected chi connectivity index (χ1v) is 14.4. The smallest absolute Gasteiger partial charge is 0.287 e. The molecule has 0 aliphatic carbocycles. The highest BCUT2D eigenvalue weighted by Crippen LogP contribution is 2.33. The van der Waals surface area contributed by atoms with Gasteiger partial charge in [-0.3, -0.25) is 9.69 Å². The van der Waals surface area contributed by atoms with Crippen molar-refractivity contribution in [2.45, 2.75) is 43.3 Å². The Morgan fingerprint density at radius 1 is 1.08 bits per heavy atom. The van der Waals surface area contributed by atoms with E-state index in [0.29, 0.717) is 35.8 Å². The van der Waals surface area contributed by atoms with E-state index < -0.39 is 0 Å². The predicted molar refractivity (Wildman–Crippen MR) is 146 cm³/mol. The van der Waals surface area contributed by atoms with Crippen molar-refractivity contribution in [1.29, 1.82) is 0 Å². The van der Waals surface area contributed by atoms with Gasteiger partial charge in [0.2, 0.25) is 6.79 Å². The molecule has 206 valence electrons. The predicted octanol–water partition coefficient (Wildman–Crippen LogP) is 3.63. The second-order valence-corrected chi connectivity index (χ2v) is 10.9. The molecule has 0 bridgehead atoms. The zero-order valence-electron chi connectivity index (χ0n) is 22.1. The van der Waals surface area contributed by atoms with E-state index in [-0.39, 0.29) is 12.0 Å². The minimum absolute atomic E-state index is 0.102. The fraction of sp³-hybridized carbons (Fsp3) is 0.464. The Morgan fingerprint density at radius 2 is 1.95 bits per heavy atom. The van der Waals surface area contributed by atoms with Gasteiger partial charge in [-0.05, 0) is 49.6 Å². The molecule has 1 amide bonds. The van der Waals surface area contributed by atoms with Gasteiger partial charge >= 0.3 is 0 Å². The number of anilines is 1. The number of thioether (sulfide) groups is 1. The normalized spacial score (nSPS) is 19.0. The van der Waals surface area contributed by atoms with Gasteiger partial charge in [0, 0.05) is 57.6 Å². The third kappa shape index (κ3) is 6.48.